The van der Waals surface area contributed by atoms with Crippen LogP contribution in [0.3, 0.4) is 0 Å². The number of aliphatic hydroxyl groups excluding tert-OH is 1. The summed E-state index contributed by atoms with van der Waals surface area (Å²) in [5, 5.41) is 13.6. The Morgan fingerprint density at radius 2 is 2.00 bits per heavy atom. The van der Waals surface area contributed by atoms with Gasteiger partial charge in [-0.2, -0.15) is 0 Å². The van der Waals surface area contributed by atoms with Crippen LogP contribution in [-0.4, -0.2) is 40.5 Å². The third-order valence-electron chi connectivity index (χ3n) is 3.92. The van der Waals surface area contributed by atoms with Crippen LogP contribution in [0.4, 0.5) is 0 Å². The predicted molar refractivity (Wildman–Crippen MR) is 81.0 cm³/mol. The lowest BCUT2D eigenvalue weighted by atomic mass is 9.85. The van der Waals surface area contributed by atoms with Crippen LogP contribution in [0.25, 0.3) is 5.52 Å². The fourth-order valence-corrected chi connectivity index (χ4v) is 3.77. The number of aromatic nitrogens is 3. The maximum absolute atomic E-state index is 11.6. The predicted octanol–water partition coefficient (Wildman–Crippen LogP) is 1.91. The number of nitrogens with zero attached hydrogens (tertiary/aromatic N) is 3. The number of sulfone groups is 1. The summed E-state index contributed by atoms with van der Waals surface area (Å²) in [5.74, 6) is 0.273. The van der Waals surface area contributed by atoms with E-state index in [1.54, 1.807) is 4.52 Å². The highest BCUT2D eigenvalue weighted by Crippen LogP contribution is 2.35. The highest BCUT2D eigenvalue weighted by molar-refractivity contribution is 9.10. The van der Waals surface area contributed by atoms with Gasteiger partial charge in [0, 0.05) is 22.3 Å². The molecular weight excluding hydrogens is 358 g/mol. The summed E-state index contributed by atoms with van der Waals surface area (Å²) in [4.78, 5) is 3.92. The van der Waals surface area contributed by atoms with E-state index < -0.39 is 9.84 Å². The number of fused-ring (bicyclic) bond motifs is 1. The number of aliphatic hydroxyl groups is 1. The average Bonchev–Trinajstić information content (AvgIpc) is 2.76. The lowest BCUT2D eigenvalue weighted by Gasteiger charge is -2.25. The summed E-state index contributed by atoms with van der Waals surface area (Å²) in [6.45, 7) is 0. The molecule has 114 valence electrons. The Balaban J connectivity index is 2.10. The third-order valence-corrected chi connectivity index (χ3v) is 5.41. The second-order valence-electron chi connectivity index (χ2n) is 5.53. The first-order valence-corrected chi connectivity index (χ1v) is 9.47. The van der Waals surface area contributed by atoms with Crippen LogP contribution in [-0.2, 0) is 9.84 Å². The van der Waals surface area contributed by atoms with Gasteiger partial charge in [0.05, 0.1) is 17.8 Å². The molecule has 0 radical (unpaired) electrons. The zero-order valence-electron chi connectivity index (χ0n) is 11.5. The quantitative estimate of drug-likeness (QED) is 0.868. The lowest BCUT2D eigenvalue weighted by molar-refractivity contribution is 0.121. The standard InChI is InChI=1S/C13H16BrN3O3S/c1-21(19,20)13-15-7-12-10(14)6-11(17(12)16-13)8-2-4-9(18)5-3-8/h6-9,18H,2-5H2,1H3/t8-,9+. The normalized spacial score (nSPS) is 23.6. The average molecular weight is 374 g/mol. The van der Waals surface area contributed by atoms with Gasteiger partial charge in [0.25, 0.3) is 5.16 Å². The molecule has 0 atom stereocenters. The van der Waals surface area contributed by atoms with Crippen molar-refractivity contribution in [2.24, 2.45) is 0 Å². The van der Waals surface area contributed by atoms with Gasteiger partial charge in [0.15, 0.2) is 0 Å². The van der Waals surface area contributed by atoms with Crippen molar-refractivity contribution in [2.75, 3.05) is 6.26 Å². The molecule has 0 amide bonds. The first kappa shape index (κ1) is 14.9. The zero-order valence-corrected chi connectivity index (χ0v) is 13.9. The molecule has 1 saturated carbocycles. The van der Waals surface area contributed by atoms with E-state index in [-0.39, 0.29) is 17.2 Å². The summed E-state index contributed by atoms with van der Waals surface area (Å²) in [6.07, 6.45) is 5.67. The zero-order chi connectivity index (χ0) is 15.2. The highest BCUT2D eigenvalue weighted by Gasteiger charge is 2.25. The summed E-state index contributed by atoms with van der Waals surface area (Å²) >= 11 is 3.47. The van der Waals surface area contributed by atoms with Gasteiger partial charge in [-0.3, -0.25) is 0 Å². The van der Waals surface area contributed by atoms with Crippen LogP contribution in [0.1, 0.15) is 37.3 Å². The van der Waals surface area contributed by atoms with E-state index in [1.165, 1.54) is 6.20 Å². The first-order valence-electron chi connectivity index (χ1n) is 6.78. The van der Waals surface area contributed by atoms with Crippen LogP contribution in [0.15, 0.2) is 21.9 Å². The smallest absolute Gasteiger partial charge is 0.265 e. The molecule has 1 aliphatic carbocycles. The summed E-state index contributed by atoms with van der Waals surface area (Å²) in [6, 6.07) is 1.97. The van der Waals surface area contributed by atoms with E-state index in [1.807, 2.05) is 6.07 Å². The summed E-state index contributed by atoms with van der Waals surface area (Å²) in [5.41, 5.74) is 1.72. The number of hydrogen-bond acceptors (Lipinski definition) is 5. The minimum Gasteiger partial charge on any atom is -0.393 e. The minimum atomic E-state index is -3.44. The molecule has 0 aromatic carbocycles. The van der Waals surface area contributed by atoms with E-state index in [4.69, 9.17) is 0 Å². The Bertz CT molecular complexity index is 779. The molecule has 2 aromatic heterocycles. The Hall–Kier alpha value is -0.990. The van der Waals surface area contributed by atoms with Crippen molar-refractivity contribution in [3.8, 4) is 0 Å². The van der Waals surface area contributed by atoms with Gasteiger partial charge < -0.3 is 5.11 Å². The van der Waals surface area contributed by atoms with Crippen LogP contribution in [0.2, 0.25) is 0 Å². The maximum atomic E-state index is 11.6. The van der Waals surface area contributed by atoms with Gasteiger partial charge in [-0.05, 0) is 47.7 Å². The van der Waals surface area contributed by atoms with Crippen molar-refractivity contribution >= 4 is 31.3 Å². The van der Waals surface area contributed by atoms with Crippen LogP contribution in [0, 0.1) is 0 Å². The molecule has 1 N–H and O–H groups in total. The van der Waals surface area contributed by atoms with Crippen LogP contribution in [0.5, 0.6) is 0 Å². The van der Waals surface area contributed by atoms with Gasteiger partial charge in [0.2, 0.25) is 9.84 Å². The number of halogens is 1. The largest absolute Gasteiger partial charge is 0.393 e. The third kappa shape index (κ3) is 2.84. The molecule has 6 nitrogen and oxygen atoms in total. The van der Waals surface area contributed by atoms with Crippen molar-refractivity contribution in [1.29, 1.82) is 0 Å². The van der Waals surface area contributed by atoms with Crippen molar-refractivity contribution in [3.63, 3.8) is 0 Å². The Morgan fingerprint density at radius 1 is 1.33 bits per heavy atom. The topological polar surface area (TPSA) is 84.6 Å². The molecule has 2 heterocycles. The van der Waals surface area contributed by atoms with E-state index in [2.05, 4.69) is 26.0 Å². The van der Waals surface area contributed by atoms with Crippen molar-refractivity contribution in [3.05, 3.63) is 22.4 Å². The molecule has 1 aliphatic rings. The van der Waals surface area contributed by atoms with Crippen molar-refractivity contribution in [1.82, 2.24) is 14.6 Å². The van der Waals surface area contributed by atoms with Crippen LogP contribution < -0.4 is 0 Å². The number of rotatable bonds is 2. The fraction of sp³-hybridized carbons (Fsp3) is 0.538. The van der Waals surface area contributed by atoms with E-state index in [0.717, 1.165) is 47.6 Å². The van der Waals surface area contributed by atoms with Gasteiger partial charge in [0.1, 0.15) is 0 Å². The molecule has 1 fully saturated rings. The van der Waals surface area contributed by atoms with E-state index >= 15 is 0 Å². The molecule has 2 aromatic rings. The van der Waals surface area contributed by atoms with E-state index in [0.29, 0.717) is 0 Å². The molecule has 0 unspecified atom stereocenters. The Morgan fingerprint density at radius 3 is 2.62 bits per heavy atom. The first-order chi connectivity index (χ1) is 9.86. The lowest BCUT2D eigenvalue weighted by Crippen LogP contribution is -2.19. The minimum absolute atomic E-state index is 0.171. The SMILES string of the molecule is CS(=O)(=O)c1ncc2c(Br)cc([C@H]3CC[C@@H](O)CC3)n2n1. The number of hydrogen-bond donors (Lipinski definition) is 1. The van der Waals surface area contributed by atoms with E-state index in [9.17, 15) is 13.5 Å². The fourth-order valence-electron chi connectivity index (χ4n) is 2.79. The van der Waals surface area contributed by atoms with Gasteiger partial charge in [-0.25, -0.2) is 17.9 Å². The monoisotopic (exact) mass is 373 g/mol. The molecular formula is C13H16BrN3O3S. The van der Waals surface area contributed by atoms with Crippen molar-refractivity contribution in [2.45, 2.75) is 42.9 Å². The molecule has 3 rings (SSSR count). The molecule has 0 aliphatic heterocycles. The second kappa shape index (κ2) is 5.33. The molecule has 21 heavy (non-hydrogen) atoms. The Labute approximate surface area is 131 Å². The molecule has 0 spiro atoms. The van der Waals surface area contributed by atoms with Gasteiger partial charge in [-0.15, -0.1) is 5.10 Å². The second-order valence-corrected chi connectivity index (χ2v) is 8.30. The van der Waals surface area contributed by atoms with Gasteiger partial charge >= 0.3 is 0 Å². The Kier molecular flexibility index (Phi) is 3.79. The molecule has 8 heteroatoms. The van der Waals surface area contributed by atoms with Crippen LogP contribution >= 0.6 is 15.9 Å². The summed E-state index contributed by atoms with van der Waals surface area (Å²) < 4.78 is 25.8. The maximum Gasteiger partial charge on any atom is 0.265 e. The van der Waals surface area contributed by atoms with Gasteiger partial charge in [-0.1, -0.05) is 0 Å². The molecule has 0 saturated heterocycles. The highest BCUT2D eigenvalue weighted by atomic mass is 79.9. The molecule has 0 bridgehead atoms. The van der Waals surface area contributed by atoms with Crippen molar-refractivity contribution < 1.29 is 13.5 Å². The summed E-state index contributed by atoms with van der Waals surface area (Å²) in [7, 11) is -3.44.